The van der Waals surface area contributed by atoms with Crippen molar-refractivity contribution in [3.05, 3.63) is 17.5 Å². The van der Waals surface area contributed by atoms with Gasteiger partial charge in [-0.25, -0.2) is 8.42 Å². The van der Waals surface area contributed by atoms with Crippen molar-refractivity contribution in [3.8, 4) is 0 Å². The second-order valence-electron chi connectivity index (χ2n) is 9.29. The van der Waals surface area contributed by atoms with Gasteiger partial charge in [0.05, 0.1) is 24.4 Å². The Kier molecular flexibility index (Phi) is 5.37. The van der Waals surface area contributed by atoms with Crippen LogP contribution in [-0.4, -0.2) is 66.4 Å². The Balaban J connectivity index is 1.22. The fourth-order valence-electron chi connectivity index (χ4n) is 5.47. The molecule has 0 radical (unpaired) electrons. The molecule has 0 aromatic carbocycles. The van der Waals surface area contributed by atoms with Gasteiger partial charge in [0.1, 0.15) is 5.76 Å². The molecule has 4 aliphatic rings. The molecular formula is C20H30N4O5S. The summed E-state index contributed by atoms with van der Waals surface area (Å²) in [6.07, 6.45) is 5.87. The molecule has 1 aromatic rings. The molecule has 30 heavy (non-hydrogen) atoms. The maximum atomic E-state index is 13.3. The van der Waals surface area contributed by atoms with E-state index < -0.39 is 10.0 Å². The molecule has 1 saturated carbocycles. The molecule has 4 heterocycles. The predicted molar refractivity (Wildman–Crippen MR) is 108 cm³/mol. The average molecular weight is 439 g/mol. The van der Waals surface area contributed by atoms with Gasteiger partial charge < -0.3 is 20.3 Å². The molecule has 2 bridgehead atoms. The van der Waals surface area contributed by atoms with Crippen LogP contribution in [0.5, 0.6) is 0 Å². The number of rotatable bonds is 5. The Morgan fingerprint density at radius 1 is 1.10 bits per heavy atom. The van der Waals surface area contributed by atoms with Gasteiger partial charge in [-0.2, -0.15) is 4.31 Å². The molecule has 9 nitrogen and oxygen atoms in total. The monoisotopic (exact) mass is 438 g/mol. The lowest BCUT2D eigenvalue weighted by Gasteiger charge is -2.40. The summed E-state index contributed by atoms with van der Waals surface area (Å²) in [5.41, 5.74) is 6.24. The molecule has 10 heteroatoms. The normalized spacial score (nSPS) is 35.2. The van der Waals surface area contributed by atoms with Gasteiger partial charge in [0, 0.05) is 30.2 Å². The van der Waals surface area contributed by atoms with Crippen molar-refractivity contribution in [1.29, 1.82) is 0 Å². The van der Waals surface area contributed by atoms with Crippen molar-refractivity contribution in [3.63, 3.8) is 0 Å². The Bertz CT molecular complexity index is 877. The first-order chi connectivity index (χ1) is 14.4. The van der Waals surface area contributed by atoms with Crippen LogP contribution >= 0.6 is 0 Å². The van der Waals surface area contributed by atoms with Crippen LogP contribution in [0.3, 0.4) is 0 Å². The highest BCUT2D eigenvalue weighted by molar-refractivity contribution is 7.89. The van der Waals surface area contributed by atoms with E-state index in [1.807, 2.05) is 0 Å². The zero-order valence-corrected chi connectivity index (χ0v) is 17.9. The number of sulfonamides is 1. The molecule has 1 amide bonds. The SMILES string of the molecule is NC1CCC(S(=O)(=O)N2C3CCC2CC(NC(=O)c2cc(C4COC4)on2)C3)CC1. The van der Waals surface area contributed by atoms with Crippen LogP contribution in [0, 0.1) is 0 Å². The van der Waals surface area contributed by atoms with E-state index in [-0.39, 0.29) is 46.9 Å². The fourth-order valence-corrected chi connectivity index (χ4v) is 7.90. The lowest BCUT2D eigenvalue weighted by molar-refractivity contribution is -0.00228. The number of aromatic nitrogens is 1. The van der Waals surface area contributed by atoms with E-state index in [0.717, 1.165) is 25.7 Å². The third-order valence-electron chi connectivity index (χ3n) is 7.24. The maximum Gasteiger partial charge on any atom is 0.273 e. The molecular weight excluding hydrogens is 408 g/mol. The molecule has 4 fully saturated rings. The van der Waals surface area contributed by atoms with Crippen LogP contribution < -0.4 is 11.1 Å². The van der Waals surface area contributed by atoms with Gasteiger partial charge in [-0.15, -0.1) is 0 Å². The average Bonchev–Trinajstić information content (AvgIpc) is 3.24. The van der Waals surface area contributed by atoms with Gasteiger partial charge in [0.25, 0.3) is 5.91 Å². The number of ether oxygens (including phenoxy) is 1. The minimum atomic E-state index is -3.33. The van der Waals surface area contributed by atoms with E-state index in [1.54, 1.807) is 10.4 Å². The van der Waals surface area contributed by atoms with E-state index in [1.165, 1.54) is 0 Å². The first-order valence-corrected chi connectivity index (χ1v) is 12.6. The second kappa shape index (κ2) is 7.89. The lowest BCUT2D eigenvalue weighted by atomic mass is 9.96. The number of nitrogens with one attached hydrogen (secondary N) is 1. The standard InChI is InChI=1S/C20H30N4O5S/c21-13-1-5-17(6-2-13)30(26,27)24-15-3-4-16(24)8-14(7-15)22-20(25)18-9-19(29-23-18)12-10-28-11-12/h9,12-17H,1-8,10-11,21H2,(H,22,25). The third kappa shape index (κ3) is 3.68. The topological polar surface area (TPSA) is 128 Å². The minimum Gasteiger partial charge on any atom is -0.380 e. The first-order valence-electron chi connectivity index (χ1n) is 11.0. The summed E-state index contributed by atoms with van der Waals surface area (Å²) in [6.45, 7) is 1.19. The van der Waals surface area contributed by atoms with Crippen molar-refractivity contribution in [2.45, 2.75) is 86.7 Å². The molecule has 1 aliphatic carbocycles. The van der Waals surface area contributed by atoms with Gasteiger partial charge in [-0.1, -0.05) is 5.16 Å². The van der Waals surface area contributed by atoms with Crippen molar-refractivity contribution < 1.29 is 22.5 Å². The molecule has 5 rings (SSSR count). The summed E-state index contributed by atoms with van der Waals surface area (Å²) < 4.78 is 38.9. The van der Waals surface area contributed by atoms with Crippen molar-refractivity contribution in [1.82, 2.24) is 14.8 Å². The summed E-state index contributed by atoms with van der Waals surface area (Å²) in [5.74, 6) is 0.601. The van der Waals surface area contributed by atoms with Crippen LogP contribution in [0.1, 0.15) is 73.5 Å². The molecule has 1 aromatic heterocycles. The summed E-state index contributed by atoms with van der Waals surface area (Å²) in [6, 6.07) is 1.70. The van der Waals surface area contributed by atoms with E-state index in [9.17, 15) is 13.2 Å². The maximum absolute atomic E-state index is 13.3. The van der Waals surface area contributed by atoms with E-state index >= 15 is 0 Å². The quantitative estimate of drug-likeness (QED) is 0.705. The van der Waals surface area contributed by atoms with Crippen LogP contribution in [0.25, 0.3) is 0 Å². The Hall–Kier alpha value is -1.49. The molecule has 3 aliphatic heterocycles. The summed E-state index contributed by atoms with van der Waals surface area (Å²) in [4.78, 5) is 12.6. The summed E-state index contributed by atoms with van der Waals surface area (Å²) >= 11 is 0. The molecule has 2 unspecified atom stereocenters. The first kappa shape index (κ1) is 20.4. The number of carbonyl (C=O) groups is 1. The molecule has 0 spiro atoms. The van der Waals surface area contributed by atoms with Gasteiger partial charge in [-0.3, -0.25) is 4.79 Å². The fraction of sp³-hybridized carbons (Fsp3) is 0.800. The Morgan fingerprint density at radius 2 is 1.77 bits per heavy atom. The van der Waals surface area contributed by atoms with Gasteiger partial charge in [-0.05, 0) is 51.4 Å². The van der Waals surface area contributed by atoms with E-state index in [2.05, 4.69) is 10.5 Å². The van der Waals surface area contributed by atoms with Crippen molar-refractivity contribution in [2.24, 2.45) is 5.73 Å². The molecule has 3 N–H and O–H groups in total. The largest absolute Gasteiger partial charge is 0.380 e. The van der Waals surface area contributed by atoms with Gasteiger partial charge in [0.15, 0.2) is 5.69 Å². The number of hydrogen-bond acceptors (Lipinski definition) is 7. The van der Waals surface area contributed by atoms with Crippen LogP contribution in [0.4, 0.5) is 0 Å². The number of nitrogens with two attached hydrogens (primary N) is 1. The number of piperidine rings is 1. The van der Waals surface area contributed by atoms with Crippen LogP contribution in [0.2, 0.25) is 0 Å². The van der Waals surface area contributed by atoms with Crippen LogP contribution in [-0.2, 0) is 14.8 Å². The zero-order chi connectivity index (χ0) is 20.9. The van der Waals surface area contributed by atoms with E-state index in [4.69, 9.17) is 15.0 Å². The summed E-state index contributed by atoms with van der Waals surface area (Å²) in [5, 5.41) is 6.64. The van der Waals surface area contributed by atoms with Crippen molar-refractivity contribution in [2.75, 3.05) is 13.2 Å². The number of nitrogens with zero attached hydrogens (tertiary/aromatic N) is 2. The van der Waals surface area contributed by atoms with Crippen molar-refractivity contribution >= 4 is 15.9 Å². The van der Waals surface area contributed by atoms with Crippen LogP contribution in [0.15, 0.2) is 10.6 Å². The highest BCUT2D eigenvalue weighted by Gasteiger charge is 2.49. The highest BCUT2D eigenvalue weighted by atomic mass is 32.2. The number of fused-ring (bicyclic) bond motifs is 2. The lowest BCUT2D eigenvalue weighted by Crippen LogP contribution is -2.55. The number of carbonyl (C=O) groups excluding carboxylic acids is 1. The van der Waals surface area contributed by atoms with Gasteiger partial charge in [0.2, 0.25) is 10.0 Å². The van der Waals surface area contributed by atoms with E-state index in [0.29, 0.717) is 44.7 Å². The molecule has 3 saturated heterocycles. The Morgan fingerprint density at radius 3 is 2.37 bits per heavy atom. The number of hydrogen-bond donors (Lipinski definition) is 2. The smallest absolute Gasteiger partial charge is 0.273 e. The highest BCUT2D eigenvalue weighted by Crippen LogP contribution is 2.41. The zero-order valence-electron chi connectivity index (χ0n) is 17.0. The summed E-state index contributed by atoms with van der Waals surface area (Å²) in [7, 11) is -3.33. The van der Waals surface area contributed by atoms with Gasteiger partial charge >= 0.3 is 0 Å². The predicted octanol–water partition coefficient (Wildman–Crippen LogP) is 1.11. The molecule has 2 atom stereocenters. The Labute approximate surface area is 176 Å². The molecule has 166 valence electrons. The minimum absolute atomic E-state index is 0.0327. The second-order valence-corrected chi connectivity index (χ2v) is 11.4. The third-order valence-corrected chi connectivity index (χ3v) is 9.73. The number of amides is 1.